The molecule has 2 rings (SSSR count). The summed E-state index contributed by atoms with van der Waals surface area (Å²) in [5.41, 5.74) is 0.778. The SMILES string of the molecule is CCCNC(CCc1ccco1)Cc1ccccc1F. The molecule has 0 radical (unpaired) electrons. The minimum atomic E-state index is -0.117. The lowest BCUT2D eigenvalue weighted by Gasteiger charge is -2.18. The largest absolute Gasteiger partial charge is 0.469 e. The molecule has 1 aromatic carbocycles. The van der Waals surface area contributed by atoms with E-state index >= 15 is 0 Å². The van der Waals surface area contributed by atoms with E-state index in [1.54, 1.807) is 12.3 Å². The van der Waals surface area contributed by atoms with Gasteiger partial charge in [0.1, 0.15) is 11.6 Å². The van der Waals surface area contributed by atoms with Crippen molar-refractivity contribution in [3.05, 3.63) is 59.8 Å². The maximum Gasteiger partial charge on any atom is 0.126 e. The van der Waals surface area contributed by atoms with Crippen molar-refractivity contribution in [2.24, 2.45) is 0 Å². The zero-order valence-electron chi connectivity index (χ0n) is 11.9. The van der Waals surface area contributed by atoms with Crippen molar-refractivity contribution in [2.45, 2.75) is 38.6 Å². The number of rotatable bonds is 8. The molecule has 108 valence electrons. The van der Waals surface area contributed by atoms with Gasteiger partial charge in [0.15, 0.2) is 0 Å². The predicted molar refractivity (Wildman–Crippen MR) is 79.2 cm³/mol. The fourth-order valence-electron chi connectivity index (χ4n) is 2.33. The van der Waals surface area contributed by atoms with Gasteiger partial charge in [-0.15, -0.1) is 0 Å². The first-order chi connectivity index (χ1) is 9.79. The second kappa shape index (κ2) is 7.85. The fourth-order valence-corrected chi connectivity index (χ4v) is 2.33. The first-order valence-corrected chi connectivity index (χ1v) is 7.28. The molecular formula is C17H22FNO. The number of halogens is 1. The van der Waals surface area contributed by atoms with Gasteiger partial charge in [-0.1, -0.05) is 25.1 Å². The highest BCUT2D eigenvalue weighted by Crippen LogP contribution is 2.13. The Morgan fingerprint density at radius 2 is 2.05 bits per heavy atom. The van der Waals surface area contributed by atoms with Crippen LogP contribution in [0.5, 0.6) is 0 Å². The number of hydrogen-bond acceptors (Lipinski definition) is 2. The summed E-state index contributed by atoms with van der Waals surface area (Å²) in [5.74, 6) is 0.871. The molecule has 0 saturated carbocycles. The number of hydrogen-bond donors (Lipinski definition) is 1. The van der Waals surface area contributed by atoms with Crippen molar-refractivity contribution < 1.29 is 8.81 Å². The zero-order chi connectivity index (χ0) is 14.2. The molecule has 0 aliphatic rings. The van der Waals surface area contributed by atoms with E-state index in [4.69, 9.17) is 4.42 Å². The molecule has 0 aliphatic heterocycles. The molecule has 0 bridgehead atoms. The van der Waals surface area contributed by atoms with Crippen LogP contribution in [0, 0.1) is 5.82 Å². The van der Waals surface area contributed by atoms with Gasteiger partial charge in [-0.05, 0) is 49.6 Å². The van der Waals surface area contributed by atoms with E-state index in [2.05, 4.69) is 12.2 Å². The summed E-state index contributed by atoms with van der Waals surface area (Å²) in [6, 6.07) is 11.2. The van der Waals surface area contributed by atoms with Crippen molar-refractivity contribution in [1.82, 2.24) is 5.32 Å². The Morgan fingerprint density at radius 3 is 2.75 bits per heavy atom. The summed E-state index contributed by atoms with van der Waals surface area (Å²) in [6.45, 7) is 3.09. The van der Waals surface area contributed by atoms with E-state index in [0.29, 0.717) is 6.42 Å². The van der Waals surface area contributed by atoms with Crippen molar-refractivity contribution >= 4 is 0 Å². The highest BCUT2D eigenvalue weighted by molar-refractivity contribution is 5.18. The molecule has 20 heavy (non-hydrogen) atoms. The highest BCUT2D eigenvalue weighted by atomic mass is 19.1. The van der Waals surface area contributed by atoms with E-state index in [1.807, 2.05) is 24.3 Å². The van der Waals surface area contributed by atoms with Crippen LogP contribution in [0.15, 0.2) is 47.1 Å². The molecule has 0 spiro atoms. The van der Waals surface area contributed by atoms with Gasteiger partial charge >= 0.3 is 0 Å². The second-order valence-corrected chi connectivity index (χ2v) is 5.06. The van der Waals surface area contributed by atoms with Crippen molar-refractivity contribution in [3.63, 3.8) is 0 Å². The van der Waals surface area contributed by atoms with Gasteiger partial charge in [0.05, 0.1) is 6.26 Å². The smallest absolute Gasteiger partial charge is 0.126 e. The molecule has 0 amide bonds. The van der Waals surface area contributed by atoms with Crippen LogP contribution in [0.25, 0.3) is 0 Å². The van der Waals surface area contributed by atoms with E-state index in [1.165, 1.54) is 6.07 Å². The van der Waals surface area contributed by atoms with Gasteiger partial charge in [0, 0.05) is 12.5 Å². The van der Waals surface area contributed by atoms with Crippen LogP contribution in [-0.2, 0) is 12.8 Å². The van der Waals surface area contributed by atoms with E-state index in [9.17, 15) is 4.39 Å². The van der Waals surface area contributed by atoms with Crippen LogP contribution in [0.4, 0.5) is 4.39 Å². The van der Waals surface area contributed by atoms with Crippen LogP contribution >= 0.6 is 0 Å². The van der Waals surface area contributed by atoms with Gasteiger partial charge < -0.3 is 9.73 Å². The molecule has 2 nitrogen and oxygen atoms in total. The Kier molecular flexibility index (Phi) is 5.81. The van der Waals surface area contributed by atoms with Crippen LogP contribution in [0.3, 0.4) is 0 Å². The molecule has 0 aliphatic carbocycles. The lowest BCUT2D eigenvalue weighted by Crippen LogP contribution is -2.32. The third kappa shape index (κ3) is 4.49. The topological polar surface area (TPSA) is 25.2 Å². The second-order valence-electron chi connectivity index (χ2n) is 5.06. The van der Waals surface area contributed by atoms with Crippen molar-refractivity contribution in [2.75, 3.05) is 6.54 Å². The Labute approximate surface area is 120 Å². The summed E-state index contributed by atoms with van der Waals surface area (Å²) >= 11 is 0. The summed E-state index contributed by atoms with van der Waals surface area (Å²) in [5, 5.41) is 3.50. The maximum atomic E-state index is 13.7. The predicted octanol–water partition coefficient (Wildman–Crippen LogP) is 3.96. The minimum absolute atomic E-state index is 0.117. The molecule has 1 unspecified atom stereocenters. The van der Waals surface area contributed by atoms with Crippen LogP contribution < -0.4 is 5.32 Å². The van der Waals surface area contributed by atoms with Gasteiger partial charge in [-0.3, -0.25) is 0 Å². The average Bonchev–Trinajstić information content (AvgIpc) is 2.97. The standard InChI is InChI=1S/C17H22FNO/c1-2-11-19-15(9-10-16-7-5-12-20-16)13-14-6-3-4-8-17(14)18/h3-8,12,15,19H,2,9-11,13H2,1H3. The lowest BCUT2D eigenvalue weighted by atomic mass is 10.0. The molecule has 1 atom stereocenters. The first-order valence-electron chi connectivity index (χ1n) is 7.28. The summed E-state index contributed by atoms with van der Waals surface area (Å²) < 4.78 is 19.1. The fraction of sp³-hybridized carbons (Fsp3) is 0.412. The highest BCUT2D eigenvalue weighted by Gasteiger charge is 2.12. The molecule has 1 heterocycles. The van der Waals surface area contributed by atoms with E-state index in [-0.39, 0.29) is 11.9 Å². The summed E-state index contributed by atoms with van der Waals surface area (Å²) in [4.78, 5) is 0. The van der Waals surface area contributed by atoms with Crippen molar-refractivity contribution in [3.8, 4) is 0 Å². The van der Waals surface area contributed by atoms with Gasteiger partial charge in [-0.25, -0.2) is 4.39 Å². The minimum Gasteiger partial charge on any atom is -0.469 e. The van der Waals surface area contributed by atoms with Gasteiger partial charge in [-0.2, -0.15) is 0 Å². The Bertz CT molecular complexity index is 495. The Hall–Kier alpha value is -1.61. The molecule has 1 aromatic heterocycles. The monoisotopic (exact) mass is 275 g/mol. The normalized spacial score (nSPS) is 12.5. The van der Waals surface area contributed by atoms with E-state index < -0.39 is 0 Å². The number of benzene rings is 1. The Morgan fingerprint density at radius 1 is 1.20 bits per heavy atom. The average molecular weight is 275 g/mol. The molecule has 2 aromatic rings. The number of nitrogens with one attached hydrogen (secondary N) is 1. The molecular weight excluding hydrogens is 253 g/mol. The van der Waals surface area contributed by atoms with Gasteiger partial charge in [0.25, 0.3) is 0 Å². The van der Waals surface area contributed by atoms with Crippen LogP contribution in [-0.4, -0.2) is 12.6 Å². The molecule has 0 fully saturated rings. The zero-order valence-corrected chi connectivity index (χ0v) is 11.9. The van der Waals surface area contributed by atoms with Crippen LogP contribution in [0.2, 0.25) is 0 Å². The van der Waals surface area contributed by atoms with Crippen LogP contribution in [0.1, 0.15) is 31.1 Å². The third-order valence-electron chi connectivity index (χ3n) is 3.43. The maximum absolute atomic E-state index is 13.7. The van der Waals surface area contributed by atoms with E-state index in [0.717, 1.165) is 37.1 Å². The molecule has 3 heteroatoms. The van der Waals surface area contributed by atoms with Gasteiger partial charge in [0.2, 0.25) is 0 Å². The lowest BCUT2D eigenvalue weighted by molar-refractivity contribution is 0.436. The summed E-state index contributed by atoms with van der Waals surface area (Å²) in [7, 11) is 0. The quantitative estimate of drug-likeness (QED) is 0.788. The number of aryl methyl sites for hydroxylation is 1. The number of furan rings is 1. The third-order valence-corrected chi connectivity index (χ3v) is 3.43. The van der Waals surface area contributed by atoms with Crippen molar-refractivity contribution in [1.29, 1.82) is 0 Å². The summed E-state index contributed by atoms with van der Waals surface area (Å²) in [6.07, 6.45) is 5.31. The molecule has 0 saturated heterocycles. The Balaban J connectivity index is 1.94. The first kappa shape index (κ1) is 14.8. The molecule has 1 N–H and O–H groups in total.